The van der Waals surface area contributed by atoms with Gasteiger partial charge in [-0.3, -0.25) is 10.0 Å². The number of nitrogens with one attached hydrogen (secondary N) is 1. The number of rotatable bonds is 5. The minimum absolute atomic E-state index is 0.571. The Morgan fingerprint density at radius 2 is 1.42 bits per heavy atom. The molecule has 1 unspecified atom stereocenters. The highest BCUT2D eigenvalue weighted by Crippen LogP contribution is 2.33. The van der Waals surface area contributed by atoms with Gasteiger partial charge in [-0.05, 0) is 11.6 Å². The summed E-state index contributed by atoms with van der Waals surface area (Å²) in [7, 11) is 0. The Bertz CT molecular complexity index is 803. The largest absolute Gasteiger partial charge is 0.475 e. The second-order valence-electron chi connectivity index (χ2n) is 5.25. The zero-order valence-corrected chi connectivity index (χ0v) is 12.9. The van der Waals surface area contributed by atoms with E-state index in [1.165, 1.54) is 0 Å². The van der Waals surface area contributed by atoms with Crippen molar-refractivity contribution in [3.63, 3.8) is 0 Å². The summed E-state index contributed by atoms with van der Waals surface area (Å²) in [5.74, 6) is -0.0507. The van der Waals surface area contributed by atoms with Gasteiger partial charge in [-0.1, -0.05) is 78.9 Å². The molecule has 0 radical (unpaired) electrons. The van der Waals surface area contributed by atoms with Gasteiger partial charge in [-0.25, -0.2) is 5.48 Å². The van der Waals surface area contributed by atoms with Crippen molar-refractivity contribution in [1.82, 2.24) is 5.48 Å². The van der Waals surface area contributed by atoms with Crippen molar-refractivity contribution in [3.05, 3.63) is 90.5 Å². The minimum atomic E-state index is -0.943. The van der Waals surface area contributed by atoms with Crippen LogP contribution in [-0.4, -0.2) is 11.1 Å². The molecule has 1 amide bonds. The third-order valence-electron chi connectivity index (χ3n) is 3.67. The molecule has 0 bridgehead atoms. The van der Waals surface area contributed by atoms with E-state index < -0.39 is 12.0 Å². The van der Waals surface area contributed by atoms with Gasteiger partial charge in [-0.2, -0.15) is 0 Å². The van der Waals surface area contributed by atoms with Crippen LogP contribution in [-0.2, 0) is 4.79 Å². The highest BCUT2D eigenvalue weighted by atomic mass is 16.5. The van der Waals surface area contributed by atoms with Crippen molar-refractivity contribution in [2.24, 2.45) is 0 Å². The first-order valence-corrected chi connectivity index (χ1v) is 7.59. The van der Waals surface area contributed by atoms with E-state index in [0.29, 0.717) is 11.3 Å². The van der Waals surface area contributed by atoms with Crippen LogP contribution in [0.3, 0.4) is 0 Å². The van der Waals surface area contributed by atoms with Crippen LogP contribution >= 0.6 is 0 Å². The summed E-state index contributed by atoms with van der Waals surface area (Å²) in [5.41, 5.74) is 4.21. The Kier molecular flexibility index (Phi) is 4.89. The number of benzene rings is 3. The smallest absolute Gasteiger partial charge is 0.289 e. The number of hydrogen-bond acceptors (Lipinski definition) is 3. The van der Waals surface area contributed by atoms with Crippen LogP contribution in [0.25, 0.3) is 11.1 Å². The standard InChI is InChI=1S/C20H17NO3/c22-20(21-23)19(16-11-5-2-6-12-16)24-18-14-8-7-13-17(18)15-9-3-1-4-10-15/h1-14,19,23H,(H,21,22). The lowest BCUT2D eigenvalue weighted by Gasteiger charge is -2.19. The van der Waals surface area contributed by atoms with Gasteiger partial charge >= 0.3 is 0 Å². The zero-order chi connectivity index (χ0) is 16.8. The highest BCUT2D eigenvalue weighted by Gasteiger charge is 2.23. The van der Waals surface area contributed by atoms with Gasteiger partial charge < -0.3 is 4.74 Å². The SMILES string of the molecule is O=C(NO)C(Oc1ccccc1-c1ccccc1)c1ccccc1. The van der Waals surface area contributed by atoms with Gasteiger partial charge in [0.25, 0.3) is 5.91 Å². The molecule has 120 valence electrons. The summed E-state index contributed by atoms with van der Waals surface area (Å²) < 4.78 is 5.97. The first-order valence-electron chi connectivity index (χ1n) is 7.59. The maximum atomic E-state index is 12.1. The summed E-state index contributed by atoms with van der Waals surface area (Å²) in [6, 6.07) is 26.4. The fraction of sp³-hybridized carbons (Fsp3) is 0.0500. The van der Waals surface area contributed by atoms with Crippen LogP contribution in [0.5, 0.6) is 5.75 Å². The predicted molar refractivity (Wildman–Crippen MR) is 91.6 cm³/mol. The zero-order valence-electron chi connectivity index (χ0n) is 12.9. The normalized spacial score (nSPS) is 11.5. The Labute approximate surface area is 140 Å². The van der Waals surface area contributed by atoms with Crippen molar-refractivity contribution >= 4 is 5.91 Å². The van der Waals surface area contributed by atoms with Crippen molar-refractivity contribution < 1.29 is 14.7 Å². The lowest BCUT2D eigenvalue weighted by molar-refractivity contribution is -0.136. The van der Waals surface area contributed by atoms with Gasteiger partial charge in [-0.15, -0.1) is 0 Å². The highest BCUT2D eigenvalue weighted by molar-refractivity contribution is 5.82. The molecular weight excluding hydrogens is 302 g/mol. The fourth-order valence-corrected chi connectivity index (χ4v) is 2.51. The summed E-state index contributed by atoms with van der Waals surface area (Å²) in [5, 5.41) is 9.05. The maximum absolute atomic E-state index is 12.1. The quantitative estimate of drug-likeness (QED) is 0.552. The number of ether oxygens (including phenoxy) is 1. The molecule has 0 fully saturated rings. The van der Waals surface area contributed by atoms with Crippen molar-refractivity contribution in [2.45, 2.75) is 6.10 Å². The van der Waals surface area contributed by atoms with Gasteiger partial charge in [0, 0.05) is 11.1 Å². The number of para-hydroxylation sites is 1. The molecule has 24 heavy (non-hydrogen) atoms. The second-order valence-corrected chi connectivity index (χ2v) is 5.25. The average molecular weight is 319 g/mol. The third kappa shape index (κ3) is 3.45. The summed E-state index contributed by atoms with van der Waals surface area (Å²) >= 11 is 0. The molecule has 4 nitrogen and oxygen atoms in total. The molecule has 0 saturated carbocycles. The minimum Gasteiger partial charge on any atom is -0.475 e. The van der Waals surface area contributed by atoms with E-state index in [-0.39, 0.29) is 0 Å². The van der Waals surface area contributed by atoms with Crippen LogP contribution < -0.4 is 10.2 Å². The fourth-order valence-electron chi connectivity index (χ4n) is 2.51. The van der Waals surface area contributed by atoms with Gasteiger partial charge in [0.05, 0.1) is 0 Å². The molecule has 0 aliphatic heterocycles. The molecule has 3 aromatic rings. The van der Waals surface area contributed by atoms with Crippen molar-refractivity contribution in [2.75, 3.05) is 0 Å². The second kappa shape index (κ2) is 7.44. The number of hydrogen-bond donors (Lipinski definition) is 2. The number of hydroxylamine groups is 1. The Hall–Kier alpha value is -3.11. The lowest BCUT2D eigenvalue weighted by atomic mass is 10.0. The molecule has 0 aromatic heterocycles. The van der Waals surface area contributed by atoms with E-state index in [9.17, 15) is 4.79 Å². The van der Waals surface area contributed by atoms with E-state index in [0.717, 1.165) is 11.1 Å². The molecular formula is C20H17NO3. The molecule has 0 spiro atoms. The van der Waals surface area contributed by atoms with E-state index in [2.05, 4.69) is 0 Å². The molecule has 3 rings (SSSR count). The van der Waals surface area contributed by atoms with E-state index in [4.69, 9.17) is 9.94 Å². The van der Waals surface area contributed by atoms with E-state index >= 15 is 0 Å². The van der Waals surface area contributed by atoms with Gasteiger partial charge in [0.1, 0.15) is 5.75 Å². The monoisotopic (exact) mass is 319 g/mol. The van der Waals surface area contributed by atoms with E-state index in [1.54, 1.807) is 17.6 Å². The van der Waals surface area contributed by atoms with Gasteiger partial charge in [0.2, 0.25) is 6.10 Å². The maximum Gasteiger partial charge on any atom is 0.289 e. The van der Waals surface area contributed by atoms with Crippen molar-refractivity contribution in [1.29, 1.82) is 0 Å². The molecule has 4 heteroatoms. The Balaban J connectivity index is 1.98. The van der Waals surface area contributed by atoms with Gasteiger partial charge in [0.15, 0.2) is 0 Å². The Morgan fingerprint density at radius 1 is 0.833 bits per heavy atom. The van der Waals surface area contributed by atoms with Crippen LogP contribution in [0.1, 0.15) is 11.7 Å². The summed E-state index contributed by atoms with van der Waals surface area (Å²) in [4.78, 5) is 12.1. The third-order valence-corrected chi connectivity index (χ3v) is 3.67. The summed E-state index contributed by atoms with van der Waals surface area (Å²) in [6.07, 6.45) is -0.943. The molecule has 3 aromatic carbocycles. The Morgan fingerprint density at radius 3 is 2.08 bits per heavy atom. The molecule has 0 aliphatic rings. The van der Waals surface area contributed by atoms with Crippen LogP contribution in [0, 0.1) is 0 Å². The van der Waals surface area contributed by atoms with Crippen molar-refractivity contribution in [3.8, 4) is 16.9 Å². The molecule has 0 saturated heterocycles. The van der Waals surface area contributed by atoms with Crippen LogP contribution in [0.15, 0.2) is 84.9 Å². The summed E-state index contributed by atoms with van der Waals surface area (Å²) in [6.45, 7) is 0. The molecule has 1 atom stereocenters. The number of carbonyl (C=O) groups is 1. The first kappa shape index (κ1) is 15.8. The number of carbonyl (C=O) groups excluding carboxylic acids is 1. The average Bonchev–Trinajstić information content (AvgIpc) is 2.67. The molecule has 0 aliphatic carbocycles. The topological polar surface area (TPSA) is 58.6 Å². The molecule has 0 heterocycles. The first-order chi connectivity index (χ1) is 11.8. The number of amides is 1. The lowest BCUT2D eigenvalue weighted by Crippen LogP contribution is -2.30. The van der Waals surface area contributed by atoms with Crippen LogP contribution in [0.4, 0.5) is 0 Å². The van der Waals surface area contributed by atoms with Crippen LogP contribution in [0.2, 0.25) is 0 Å². The predicted octanol–water partition coefficient (Wildman–Crippen LogP) is 3.98. The van der Waals surface area contributed by atoms with E-state index in [1.807, 2.05) is 72.8 Å². The molecule has 2 N–H and O–H groups in total.